The molecule has 2 aliphatic carbocycles. The number of carbonyl (C=O) groups is 1. The molecule has 0 radical (unpaired) electrons. The first-order valence-corrected chi connectivity index (χ1v) is 6.28. The van der Waals surface area contributed by atoms with Crippen molar-refractivity contribution in [2.24, 2.45) is 5.41 Å². The maximum absolute atomic E-state index is 12.2. The van der Waals surface area contributed by atoms with Crippen LogP contribution in [0, 0.1) is 5.41 Å². The van der Waals surface area contributed by atoms with Crippen molar-refractivity contribution in [2.45, 2.75) is 44.3 Å². The fourth-order valence-corrected chi connectivity index (χ4v) is 3.46. The van der Waals surface area contributed by atoms with E-state index in [2.05, 4.69) is 0 Å². The van der Waals surface area contributed by atoms with Gasteiger partial charge in [-0.25, -0.2) is 0 Å². The van der Waals surface area contributed by atoms with E-state index in [9.17, 15) is 4.79 Å². The van der Waals surface area contributed by atoms with Gasteiger partial charge in [-0.3, -0.25) is 4.79 Å². The third-order valence-corrected chi connectivity index (χ3v) is 4.30. The van der Waals surface area contributed by atoms with Crippen LogP contribution in [0.15, 0.2) is 12.2 Å². The predicted octanol–water partition coefficient (Wildman–Crippen LogP) is 2.21. The van der Waals surface area contributed by atoms with Gasteiger partial charge in [0.15, 0.2) is 11.6 Å². The minimum atomic E-state index is -0.607. The molecule has 0 bridgehead atoms. The first-order chi connectivity index (χ1) is 7.79. The summed E-state index contributed by atoms with van der Waals surface area (Å²) >= 11 is 0. The van der Waals surface area contributed by atoms with Crippen LogP contribution in [0.4, 0.5) is 0 Å². The van der Waals surface area contributed by atoms with Gasteiger partial charge in [-0.15, -0.1) is 0 Å². The molecular formula is C13H18O3. The summed E-state index contributed by atoms with van der Waals surface area (Å²) in [5.41, 5.74) is -0.403. The Bertz CT molecular complexity index is 328. The molecule has 0 aromatic rings. The van der Waals surface area contributed by atoms with E-state index in [4.69, 9.17) is 9.47 Å². The van der Waals surface area contributed by atoms with Crippen LogP contribution < -0.4 is 0 Å². The molecule has 0 aromatic carbocycles. The molecule has 1 aliphatic heterocycles. The van der Waals surface area contributed by atoms with Crippen molar-refractivity contribution in [1.29, 1.82) is 0 Å². The lowest BCUT2D eigenvalue weighted by Crippen LogP contribution is -2.51. The highest BCUT2D eigenvalue weighted by Gasteiger charge is 2.60. The van der Waals surface area contributed by atoms with Crippen molar-refractivity contribution in [1.82, 2.24) is 0 Å². The number of ketones is 1. The second-order valence-corrected chi connectivity index (χ2v) is 5.06. The summed E-state index contributed by atoms with van der Waals surface area (Å²) in [7, 11) is 0. The van der Waals surface area contributed by atoms with Crippen LogP contribution in [0.1, 0.15) is 38.5 Å². The summed E-state index contributed by atoms with van der Waals surface area (Å²) in [5, 5.41) is 0. The Morgan fingerprint density at radius 2 is 1.81 bits per heavy atom. The Hall–Kier alpha value is -0.670. The quantitative estimate of drug-likeness (QED) is 0.630. The van der Waals surface area contributed by atoms with Crippen LogP contribution >= 0.6 is 0 Å². The Kier molecular flexibility index (Phi) is 2.41. The Morgan fingerprint density at radius 1 is 1.06 bits per heavy atom. The zero-order chi connectivity index (χ0) is 11.1. The second kappa shape index (κ2) is 3.67. The van der Waals surface area contributed by atoms with Crippen LogP contribution in [0.25, 0.3) is 0 Å². The minimum Gasteiger partial charge on any atom is -0.346 e. The monoisotopic (exact) mass is 222 g/mol. The third-order valence-electron chi connectivity index (χ3n) is 4.30. The van der Waals surface area contributed by atoms with Crippen molar-refractivity contribution in [3.05, 3.63) is 12.2 Å². The first-order valence-electron chi connectivity index (χ1n) is 6.28. The second-order valence-electron chi connectivity index (χ2n) is 5.06. The maximum atomic E-state index is 12.2. The number of ether oxygens (including phenoxy) is 2. The number of carbonyl (C=O) groups excluding carboxylic acids is 1. The highest BCUT2D eigenvalue weighted by Crippen LogP contribution is 2.53. The minimum absolute atomic E-state index is 0.219. The topological polar surface area (TPSA) is 35.5 Å². The van der Waals surface area contributed by atoms with Gasteiger partial charge in [0.1, 0.15) is 0 Å². The van der Waals surface area contributed by atoms with Gasteiger partial charge in [0.05, 0.1) is 18.6 Å². The third kappa shape index (κ3) is 1.25. The lowest BCUT2D eigenvalue weighted by molar-refractivity contribution is -0.232. The first kappa shape index (κ1) is 10.5. The summed E-state index contributed by atoms with van der Waals surface area (Å²) in [5.74, 6) is -0.388. The predicted molar refractivity (Wildman–Crippen MR) is 58.9 cm³/mol. The zero-order valence-electron chi connectivity index (χ0n) is 9.54. The number of hydrogen-bond donors (Lipinski definition) is 0. The van der Waals surface area contributed by atoms with Gasteiger partial charge >= 0.3 is 0 Å². The highest BCUT2D eigenvalue weighted by molar-refractivity contribution is 5.98. The summed E-state index contributed by atoms with van der Waals surface area (Å²) in [4.78, 5) is 12.2. The molecule has 0 N–H and O–H groups in total. The molecule has 1 saturated heterocycles. The Balaban J connectivity index is 2.01. The average molecular weight is 222 g/mol. The normalized spacial score (nSPS) is 37.4. The van der Waals surface area contributed by atoms with Crippen LogP contribution in [0.5, 0.6) is 0 Å². The fraction of sp³-hybridized carbons (Fsp3) is 0.769. The maximum Gasteiger partial charge on any atom is 0.181 e. The van der Waals surface area contributed by atoms with E-state index in [1.165, 1.54) is 6.42 Å². The van der Waals surface area contributed by atoms with E-state index in [1.807, 2.05) is 6.08 Å². The van der Waals surface area contributed by atoms with E-state index < -0.39 is 11.2 Å². The Morgan fingerprint density at radius 3 is 2.50 bits per heavy atom. The molecule has 0 amide bonds. The van der Waals surface area contributed by atoms with E-state index >= 15 is 0 Å². The molecule has 88 valence electrons. The number of hydrogen-bond acceptors (Lipinski definition) is 3. The molecule has 1 saturated carbocycles. The van der Waals surface area contributed by atoms with Gasteiger partial charge in [0.25, 0.3) is 0 Å². The van der Waals surface area contributed by atoms with Crippen LogP contribution in [0.2, 0.25) is 0 Å². The van der Waals surface area contributed by atoms with Crippen LogP contribution in [-0.2, 0) is 14.3 Å². The van der Waals surface area contributed by atoms with E-state index in [-0.39, 0.29) is 5.78 Å². The van der Waals surface area contributed by atoms with Gasteiger partial charge in [0.2, 0.25) is 0 Å². The van der Waals surface area contributed by atoms with Gasteiger partial charge in [-0.05, 0) is 25.3 Å². The Labute approximate surface area is 95.8 Å². The largest absolute Gasteiger partial charge is 0.346 e. The number of rotatable bonds is 0. The van der Waals surface area contributed by atoms with Gasteiger partial charge in [-0.2, -0.15) is 0 Å². The SMILES string of the molecule is O=C1C=CC[C@@]12CCCCCC21OCCO1. The highest BCUT2D eigenvalue weighted by atomic mass is 16.7. The summed E-state index contributed by atoms with van der Waals surface area (Å²) in [6, 6.07) is 0. The van der Waals surface area contributed by atoms with E-state index in [0.29, 0.717) is 13.2 Å². The molecule has 0 aromatic heterocycles. The number of allylic oxidation sites excluding steroid dienone is 2. The number of fused-ring (bicyclic) bond motifs is 1. The molecule has 3 heteroatoms. The van der Waals surface area contributed by atoms with Crippen LogP contribution in [-0.4, -0.2) is 24.8 Å². The molecule has 16 heavy (non-hydrogen) atoms. The lowest BCUT2D eigenvalue weighted by atomic mass is 9.72. The molecule has 3 aliphatic rings. The van der Waals surface area contributed by atoms with Crippen LogP contribution in [0.3, 0.4) is 0 Å². The molecule has 3 nitrogen and oxygen atoms in total. The zero-order valence-corrected chi connectivity index (χ0v) is 9.54. The average Bonchev–Trinajstić information content (AvgIpc) is 2.82. The van der Waals surface area contributed by atoms with Gasteiger partial charge in [0, 0.05) is 6.42 Å². The summed E-state index contributed by atoms with van der Waals surface area (Å²) < 4.78 is 11.8. The lowest BCUT2D eigenvalue weighted by Gasteiger charge is -2.42. The molecular weight excluding hydrogens is 204 g/mol. The molecule has 1 atom stereocenters. The van der Waals surface area contributed by atoms with Crippen molar-refractivity contribution in [3.63, 3.8) is 0 Å². The van der Waals surface area contributed by atoms with Crippen molar-refractivity contribution < 1.29 is 14.3 Å². The van der Waals surface area contributed by atoms with Crippen molar-refractivity contribution in [3.8, 4) is 0 Å². The van der Waals surface area contributed by atoms with Crippen molar-refractivity contribution in [2.75, 3.05) is 13.2 Å². The van der Waals surface area contributed by atoms with E-state index in [0.717, 1.165) is 32.1 Å². The molecule has 2 fully saturated rings. The van der Waals surface area contributed by atoms with E-state index in [1.54, 1.807) is 6.08 Å². The standard InChI is InChI=1S/C13H18O3/c14-11-5-4-7-12(11)6-2-1-3-8-13(12)15-9-10-16-13/h4-5H,1-3,6-10H2/t12-/m0/s1. The molecule has 0 unspecified atom stereocenters. The summed E-state index contributed by atoms with van der Waals surface area (Å²) in [6.45, 7) is 1.27. The molecule has 1 heterocycles. The smallest absolute Gasteiger partial charge is 0.181 e. The molecule has 3 rings (SSSR count). The summed E-state index contributed by atoms with van der Waals surface area (Å²) in [6.07, 6.45) is 9.70. The molecule has 2 spiro atoms. The van der Waals surface area contributed by atoms with Gasteiger partial charge in [-0.1, -0.05) is 18.9 Å². The fourth-order valence-electron chi connectivity index (χ4n) is 3.46. The van der Waals surface area contributed by atoms with Crippen molar-refractivity contribution >= 4 is 5.78 Å². The van der Waals surface area contributed by atoms with Gasteiger partial charge < -0.3 is 9.47 Å².